The predicted molar refractivity (Wildman–Crippen MR) is 112 cm³/mol. The van der Waals surface area contributed by atoms with Gasteiger partial charge in [-0.05, 0) is 18.4 Å². The summed E-state index contributed by atoms with van der Waals surface area (Å²) >= 11 is 0. The van der Waals surface area contributed by atoms with Crippen molar-refractivity contribution in [3.8, 4) is 11.5 Å². The number of hydrogen-bond acceptors (Lipinski definition) is 5. The van der Waals surface area contributed by atoms with Crippen LogP contribution < -0.4 is 14.8 Å². The molecule has 0 spiro atoms. The summed E-state index contributed by atoms with van der Waals surface area (Å²) in [5.74, 6) is 0.199. The van der Waals surface area contributed by atoms with E-state index in [4.69, 9.17) is 9.47 Å². The number of amides is 1. The maximum absolute atomic E-state index is 13.1. The van der Waals surface area contributed by atoms with E-state index in [1.54, 1.807) is 6.92 Å². The van der Waals surface area contributed by atoms with E-state index in [0.29, 0.717) is 12.4 Å². The van der Waals surface area contributed by atoms with Crippen molar-refractivity contribution in [3.63, 3.8) is 0 Å². The van der Waals surface area contributed by atoms with Crippen LogP contribution in [0.1, 0.15) is 55.6 Å². The third-order valence-corrected chi connectivity index (χ3v) is 4.99. The SMILES string of the molecule is CCOc1cc(C(=O)NC(c2ccccc2)C(CC)CC)c([N+](=O)[O-])cc1OC. The molecule has 0 aromatic heterocycles. The number of carbonyl (C=O) groups is 1. The van der Waals surface area contributed by atoms with Gasteiger partial charge < -0.3 is 14.8 Å². The highest BCUT2D eigenvalue weighted by molar-refractivity contribution is 5.99. The third-order valence-electron chi connectivity index (χ3n) is 4.99. The Kier molecular flexibility index (Phi) is 8.00. The lowest BCUT2D eigenvalue weighted by molar-refractivity contribution is -0.385. The van der Waals surface area contributed by atoms with E-state index >= 15 is 0 Å². The molecule has 1 N–H and O–H groups in total. The Balaban J connectivity index is 2.47. The maximum Gasteiger partial charge on any atom is 0.286 e. The van der Waals surface area contributed by atoms with Crippen molar-refractivity contribution in [2.24, 2.45) is 5.92 Å². The molecule has 156 valence electrons. The summed E-state index contributed by atoms with van der Waals surface area (Å²) in [6.45, 7) is 6.27. The minimum atomic E-state index is -0.582. The highest BCUT2D eigenvalue weighted by Crippen LogP contribution is 2.35. The molecule has 0 saturated heterocycles. The lowest BCUT2D eigenvalue weighted by Gasteiger charge is -2.27. The second-order valence-corrected chi connectivity index (χ2v) is 6.65. The number of nitro groups is 1. The van der Waals surface area contributed by atoms with Crippen LogP contribution in [0.3, 0.4) is 0 Å². The molecule has 0 bridgehead atoms. The average Bonchev–Trinajstić information content (AvgIpc) is 2.74. The molecule has 2 aromatic carbocycles. The Morgan fingerprint density at radius 2 is 1.76 bits per heavy atom. The molecule has 7 heteroatoms. The number of methoxy groups -OCH3 is 1. The zero-order valence-corrected chi connectivity index (χ0v) is 17.3. The van der Waals surface area contributed by atoms with Crippen LogP contribution in [0.4, 0.5) is 5.69 Å². The molecule has 1 amide bonds. The van der Waals surface area contributed by atoms with Gasteiger partial charge in [0.25, 0.3) is 11.6 Å². The van der Waals surface area contributed by atoms with Crippen LogP contribution in [0.2, 0.25) is 0 Å². The molecule has 0 aliphatic rings. The van der Waals surface area contributed by atoms with Crippen LogP contribution in [0.5, 0.6) is 11.5 Å². The molecular formula is C22H28N2O5. The molecule has 29 heavy (non-hydrogen) atoms. The number of nitro benzene ring substituents is 1. The van der Waals surface area contributed by atoms with Crippen molar-refractivity contribution in [2.45, 2.75) is 39.7 Å². The van der Waals surface area contributed by atoms with Crippen molar-refractivity contribution in [1.82, 2.24) is 5.32 Å². The smallest absolute Gasteiger partial charge is 0.286 e. The zero-order chi connectivity index (χ0) is 21.4. The minimum absolute atomic E-state index is 0.0499. The minimum Gasteiger partial charge on any atom is -0.493 e. The molecule has 0 fully saturated rings. The molecule has 0 aliphatic carbocycles. The van der Waals surface area contributed by atoms with Crippen molar-refractivity contribution in [3.05, 3.63) is 63.7 Å². The molecule has 0 heterocycles. The van der Waals surface area contributed by atoms with E-state index in [0.717, 1.165) is 18.4 Å². The van der Waals surface area contributed by atoms with Crippen LogP contribution in [0.15, 0.2) is 42.5 Å². The second kappa shape index (κ2) is 10.5. The average molecular weight is 400 g/mol. The number of nitrogens with one attached hydrogen (secondary N) is 1. The molecule has 0 radical (unpaired) electrons. The summed E-state index contributed by atoms with van der Waals surface area (Å²) in [6.07, 6.45) is 1.73. The summed E-state index contributed by atoms with van der Waals surface area (Å²) in [6, 6.07) is 12.0. The van der Waals surface area contributed by atoms with Crippen molar-refractivity contribution < 1.29 is 19.2 Å². The second-order valence-electron chi connectivity index (χ2n) is 6.65. The van der Waals surface area contributed by atoms with Gasteiger partial charge in [0, 0.05) is 6.07 Å². The van der Waals surface area contributed by atoms with E-state index in [1.807, 2.05) is 30.3 Å². The molecule has 0 saturated carbocycles. The van der Waals surface area contributed by atoms with E-state index in [9.17, 15) is 14.9 Å². The topological polar surface area (TPSA) is 90.7 Å². The van der Waals surface area contributed by atoms with Gasteiger partial charge in [-0.25, -0.2) is 0 Å². The Labute approximate surface area is 171 Å². The molecule has 1 unspecified atom stereocenters. The molecule has 0 aliphatic heterocycles. The Hall–Kier alpha value is -3.09. The Bertz CT molecular complexity index is 835. The van der Waals surface area contributed by atoms with Gasteiger partial charge in [0.05, 0.1) is 30.7 Å². The van der Waals surface area contributed by atoms with Gasteiger partial charge in [-0.3, -0.25) is 14.9 Å². The number of carbonyl (C=O) groups excluding carboxylic acids is 1. The highest BCUT2D eigenvalue weighted by Gasteiger charge is 2.28. The van der Waals surface area contributed by atoms with Crippen LogP contribution in [-0.4, -0.2) is 24.5 Å². The molecule has 2 aromatic rings. The largest absolute Gasteiger partial charge is 0.493 e. The summed E-state index contributed by atoms with van der Waals surface area (Å²) in [4.78, 5) is 24.1. The standard InChI is InChI=1S/C22H28N2O5/c1-5-15(6-2)21(16-11-9-8-10-12-16)23-22(25)17-13-20(29-7-3)19(28-4)14-18(17)24(26)27/h8-15,21H,5-7H2,1-4H3,(H,23,25). The summed E-state index contributed by atoms with van der Waals surface area (Å²) in [5.41, 5.74) is 0.598. The van der Waals surface area contributed by atoms with Gasteiger partial charge in [0.15, 0.2) is 11.5 Å². The highest BCUT2D eigenvalue weighted by atomic mass is 16.6. The van der Waals surface area contributed by atoms with E-state index < -0.39 is 10.8 Å². The van der Waals surface area contributed by atoms with Gasteiger partial charge in [-0.15, -0.1) is 0 Å². The summed E-state index contributed by atoms with van der Waals surface area (Å²) in [5, 5.41) is 14.6. The van der Waals surface area contributed by atoms with Crippen LogP contribution >= 0.6 is 0 Å². The van der Waals surface area contributed by atoms with Gasteiger partial charge in [-0.1, -0.05) is 57.0 Å². The lowest BCUT2D eigenvalue weighted by atomic mass is 9.88. The number of benzene rings is 2. The van der Waals surface area contributed by atoms with Crippen molar-refractivity contribution in [1.29, 1.82) is 0 Å². The Morgan fingerprint density at radius 3 is 2.28 bits per heavy atom. The first kappa shape index (κ1) is 22.2. The monoisotopic (exact) mass is 400 g/mol. The molecular weight excluding hydrogens is 372 g/mol. The fraction of sp³-hybridized carbons (Fsp3) is 0.409. The number of ether oxygens (including phenoxy) is 2. The van der Waals surface area contributed by atoms with Crippen LogP contribution in [-0.2, 0) is 0 Å². The van der Waals surface area contributed by atoms with Gasteiger partial charge >= 0.3 is 0 Å². The van der Waals surface area contributed by atoms with Gasteiger partial charge in [0.2, 0.25) is 0 Å². The number of hydrogen-bond donors (Lipinski definition) is 1. The fourth-order valence-electron chi connectivity index (χ4n) is 3.42. The quantitative estimate of drug-likeness (QED) is 0.452. The van der Waals surface area contributed by atoms with Crippen molar-refractivity contribution in [2.75, 3.05) is 13.7 Å². The fourth-order valence-corrected chi connectivity index (χ4v) is 3.42. The first-order valence-corrected chi connectivity index (χ1v) is 9.81. The maximum atomic E-state index is 13.1. The molecule has 7 nitrogen and oxygen atoms in total. The predicted octanol–water partition coefficient (Wildman–Crippen LogP) is 4.91. The van der Waals surface area contributed by atoms with Gasteiger partial charge in [-0.2, -0.15) is 0 Å². The van der Waals surface area contributed by atoms with E-state index in [2.05, 4.69) is 19.2 Å². The summed E-state index contributed by atoms with van der Waals surface area (Å²) < 4.78 is 10.7. The first-order chi connectivity index (χ1) is 14.0. The van der Waals surface area contributed by atoms with Crippen LogP contribution in [0.25, 0.3) is 0 Å². The molecule has 1 atom stereocenters. The normalized spacial score (nSPS) is 11.8. The molecule has 2 rings (SSSR count). The lowest BCUT2D eigenvalue weighted by Crippen LogP contribution is -2.33. The van der Waals surface area contributed by atoms with E-state index in [-0.39, 0.29) is 29.0 Å². The zero-order valence-electron chi connectivity index (χ0n) is 17.3. The van der Waals surface area contributed by atoms with Crippen molar-refractivity contribution >= 4 is 11.6 Å². The number of rotatable bonds is 10. The first-order valence-electron chi connectivity index (χ1n) is 9.81. The summed E-state index contributed by atoms with van der Waals surface area (Å²) in [7, 11) is 1.40. The van der Waals surface area contributed by atoms with Gasteiger partial charge in [0.1, 0.15) is 5.56 Å². The van der Waals surface area contributed by atoms with E-state index in [1.165, 1.54) is 19.2 Å². The Morgan fingerprint density at radius 1 is 1.10 bits per heavy atom. The van der Waals surface area contributed by atoms with Crippen LogP contribution in [0, 0.1) is 16.0 Å². The third kappa shape index (κ3) is 5.25. The number of nitrogens with zero attached hydrogens (tertiary/aromatic N) is 1.